The van der Waals surface area contributed by atoms with Crippen LogP contribution in [0, 0.1) is 6.92 Å². The van der Waals surface area contributed by atoms with Gasteiger partial charge in [-0.15, -0.1) is 11.8 Å². The van der Waals surface area contributed by atoms with Crippen LogP contribution in [0.4, 0.5) is 0 Å². The van der Waals surface area contributed by atoms with Gasteiger partial charge in [-0.1, -0.05) is 0 Å². The number of nitrogens with one attached hydrogen (secondary N) is 1. The summed E-state index contributed by atoms with van der Waals surface area (Å²) in [6.45, 7) is 7.40. The number of rotatable bonds is 1. The molecule has 0 aliphatic carbocycles. The van der Waals surface area contributed by atoms with Crippen LogP contribution in [0.1, 0.15) is 31.7 Å². The van der Waals surface area contributed by atoms with Gasteiger partial charge in [0, 0.05) is 17.5 Å². The summed E-state index contributed by atoms with van der Waals surface area (Å²) in [5, 5.41) is -0.211. The predicted octanol–water partition coefficient (Wildman–Crippen LogP) is 1.00. The first kappa shape index (κ1) is 13.9. The van der Waals surface area contributed by atoms with Crippen molar-refractivity contribution in [3.05, 3.63) is 32.6 Å². The maximum Gasteiger partial charge on any atom is 0.329 e. The molecule has 3 heterocycles. The zero-order valence-electron chi connectivity index (χ0n) is 11.9. The minimum Gasteiger partial charge on any atom is -0.343 e. The lowest BCUT2D eigenvalue weighted by atomic mass is 10.0. The molecule has 2 aliphatic heterocycles. The average molecular weight is 298 g/mol. The Bertz CT molecular complexity index is 665. The lowest BCUT2D eigenvalue weighted by molar-refractivity contribution is -0.163. The van der Waals surface area contributed by atoms with E-state index in [-0.39, 0.29) is 17.0 Å². The van der Waals surface area contributed by atoms with E-state index in [9.17, 15) is 9.59 Å². The largest absolute Gasteiger partial charge is 0.343 e. The molecular formula is C13H18N2O4S. The van der Waals surface area contributed by atoms with Gasteiger partial charge in [-0.3, -0.25) is 14.3 Å². The van der Waals surface area contributed by atoms with Crippen LogP contribution in [0.3, 0.4) is 0 Å². The quantitative estimate of drug-likeness (QED) is 0.837. The number of H-pyrrole nitrogens is 1. The minimum absolute atomic E-state index is 0.0633. The van der Waals surface area contributed by atoms with Crippen LogP contribution in [0.25, 0.3) is 0 Å². The standard InChI is InChI=1S/C13H18N2O4S/c1-7-5-15(11(17)14-9(7)16)10-13(4)8(6-20-10)18-12(2,3)19-13/h5,8,10H,6H2,1-4H3,(H,14,16,17)/t8-,10-,13-/m0/s1. The first-order chi connectivity index (χ1) is 9.23. The van der Waals surface area contributed by atoms with Gasteiger partial charge in [0.25, 0.3) is 5.56 Å². The lowest BCUT2D eigenvalue weighted by Gasteiger charge is -2.31. The molecule has 0 aromatic carbocycles. The van der Waals surface area contributed by atoms with Crippen molar-refractivity contribution in [3.63, 3.8) is 0 Å². The zero-order valence-corrected chi connectivity index (χ0v) is 12.7. The number of fused-ring (bicyclic) bond motifs is 1. The van der Waals surface area contributed by atoms with Crippen molar-refractivity contribution in [2.24, 2.45) is 0 Å². The highest BCUT2D eigenvalue weighted by Gasteiger charge is 2.59. The van der Waals surface area contributed by atoms with Crippen LogP contribution < -0.4 is 11.2 Å². The first-order valence-corrected chi connectivity index (χ1v) is 7.59. The summed E-state index contributed by atoms with van der Waals surface area (Å²) >= 11 is 1.61. The molecule has 0 bridgehead atoms. The third-order valence-electron chi connectivity index (χ3n) is 3.83. The molecule has 6 nitrogen and oxygen atoms in total. The number of aryl methyl sites for hydroxylation is 1. The molecule has 0 radical (unpaired) electrons. The molecule has 0 spiro atoms. The van der Waals surface area contributed by atoms with E-state index in [0.29, 0.717) is 5.56 Å². The Morgan fingerprint density at radius 2 is 2.10 bits per heavy atom. The zero-order chi connectivity index (χ0) is 14.7. The van der Waals surface area contributed by atoms with Crippen molar-refractivity contribution in [1.29, 1.82) is 0 Å². The van der Waals surface area contributed by atoms with Gasteiger partial charge in [0.1, 0.15) is 17.1 Å². The Hall–Kier alpha value is -1.05. The fourth-order valence-electron chi connectivity index (χ4n) is 2.95. The summed E-state index contributed by atoms with van der Waals surface area (Å²) in [7, 11) is 0. The molecule has 2 saturated heterocycles. The van der Waals surface area contributed by atoms with Crippen LogP contribution in [-0.2, 0) is 9.47 Å². The molecule has 0 amide bonds. The Labute approximate surface area is 120 Å². The second-order valence-corrected chi connectivity index (χ2v) is 7.07. The summed E-state index contributed by atoms with van der Waals surface area (Å²) in [5.41, 5.74) is -0.827. The number of nitrogens with zero attached hydrogens (tertiary/aromatic N) is 1. The molecule has 1 aromatic heterocycles. The maximum atomic E-state index is 12.1. The van der Waals surface area contributed by atoms with Gasteiger partial charge in [0.15, 0.2) is 5.79 Å². The average Bonchev–Trinajstić information content (AvgIpc) is 2.72. The smallest absolute Gasteiger partial charge is 0.329 e. The van der Waals surface area contributed by atoms with E-state index in [2.05, 4.69) is 4.98 Å². The molecule has 20 heavy (non-hydrogen) atoms. The molecule has 2 fully saturated rings. The molecule has 7 heteroatoms. The van der Waals surface area contributed by atoms with Crippen molar-refractivity contribution >= 4 is 11.8 Å². The molecule has 0 unspecified atom stereocenters. The monoisotopic (exact) mass is 298 g/mol. The van der Waals surface area contributed by atoms with Gasteiger partial charge >= 0.3 is 5.69 Å². The number of aromatic amines is 1. The molecule has 110 valence electrons. The predicted molar refractivity (Wildman–Crippen MR) is 76.0 cm³/mol. The third kappa shape index (κ3) is 1.96. The van der Waals surface area contributed by atoms with Crippen molar-refractivity contribution in [3.8, 4) is 0 Å². The van der Waals surface area contributed by atoms with Gasteiger partial charge in [0.05, 0.1) is 0 Å². The van der Waals surface area contributed by atoms with Gasteiger partial charge < -0.3 is 9.47 Å². The van der Waals surface area contributed by atoms with Crippen LogP contribution >= 0.6 is 11.8 Å². The summed E-state index contributed by atoms with van der Waals surface area (Å²) in [6.07, 6.45) is 1.54. The van der Waals surface area contributed by atoms with Crippen molar-refractivity contribution < 1.29 is 9.47 Å². The molecule has 2 aliphatic rings. The maximum absolute atomic E-state index is 12.1. The number of thioether (sulfide) groups is 1. The summed E-state index contributed by atoms with van der Waals surface area (Å²) in [5.74, 6) is 0.106. The Morgan fingerprint density at radius 1 is 1.40 bits per heavy atom. The second-order valence-electron chi connectivity index (χ2n) is 5.96. The van der Waals surface area contributed by atoms with Crippen LogP contribution in [-0.4, -0.2) is 32.8 Å². The molecular weight excluding hydrogens is 280 g/mol. The Balaban J connectivity index is 2.06. The number of hydrogen-bond acceptors (Lipinski definition) is 5. The molecule has 1 aromatic rings. The highest BCUT2D eigenvalue weighted by Crippen LogP contribution is 2.53. The van der Waals surface area contributed by atoms with Crippen LogP contribution in [0.5, 0.6) is 0 Å². The van der Waals surface area contributed by atoms with Crippen LogP contribution in [0.2, 0.25) is 0 Å². The lowest BCUT2D eigenvalue weighted by Crippen LogP contribution is -2.44. The van der Waals surface area contributed by atoms with E-state index in [1.807, 2.05) is 20.8 Å². The molecule has 3 atom stereocenters. The normalized spacial score (nSPS) is 35.2. The molecule has 0 saturated carbocycles. The SMILES string of the molecule is Cc1cn([C@H]2SC[C@@H]3OC(C)(C)O[C@@]32C)c(=O)[nH]c1=O. The summed E-state index contributed by atoms with van der Waals surface area (Å²) in [4.78, 5) is 25.9. The Kier molecular flexibility index (Phi) is 2.94. The molecule has 1 N–H and O–H groups in total. The minimum atomic E-state index is -0.653. The highest BCUT2D eigenvalue weighted by atomic mass is 32.2. The second kappa shape index (κ2) is 4.22. The number of hydrogen-bond donors (Lipinski definition) is 1. The van der Waals surface area contributed by atoms with Gasteiger partial charge in [-0.2, -0.15) is 0 Å². The third-order valence-corrected chi connectivity index (χ3v) is 5.33. The topological polar surface area (TPSA) is 73.3 Å². The van der Waals surface area contributed by atoms with Crippen LogP contribution in [0.15, 0.2) is 15.8 Å². The van der Waals surface area contributed by atoms with Gasteiger partial charge in [0.2, 0.25) is 0 Å². The Morgan fingerprint density at radius 3 is 2.80 bits per heavy atom. The van der Waals surface area contributed by atoms with E-state index in [0.717, 1.165) is 5.75 Å². The van der Waals surface area contributed by atoms with Crippen molar-refractivity contribution in [2.45, 2.75) is 50.6 Å². The summed E-state index contributed by atoms with van der Waals surface area (Å²) in [6, 6.07) is 0. The van der Waals surface area contributed by atoms with E-state index < -0.39 is 17.1 Å². The van der Waals surface area contributed by atoms with E-state index in [1.165, 1.54) is 0 Å². The number of ether oxygens (including phenoxy) is 2. The van der Waals surface area contributed by atoms with Crippen molar-refractivity contribution in [1.82, 2.24) is 9.55 Å². The van der Waals surface area contributed by atoms with Crippen molar-refractivity contribution in [2.75, 3.05) is 5.75 Å². The van der Waals surface area contributed by atoms with Gasteiger partial charge in [-0.05, 0) is 27.7 Å². The van der Waals surface area contributed by atoms with E-state index in [4.69, 9.17) is 9.47 Å². The fraction of sp³-hybridized carbons (Fsp3) is 0.692. The van der Waals surface area contributed by atoms with E-state index in [1.54, 1.807) is 29.4 Å². The van der Waals surface area contributed by atoms with Gasteiger partial charge in [-0.25, -0.2) is 4.79 Å². The molecule has 3 rings (SSSR count). The van der Waals surface area contributed by atoms with E-state index >= 15 is 0 Å². The fourth-order valence-corrected chi connectivity index (χ4v) is 4.55. The summed E-state index contributed by atoms with van der Waals surface area (Å²) < 4.78 is 13.5. The highest BCUT2D eigenvalue weighted by molar-refractivity contribution is 7.99. The number of aromatic nitrogens is 2. The first-order valence-electron chi connectivity index (χ1n) is 6.54.